The minimum atomic E-state index is -2.63. The molecule has 0 radical (unpaired) electrons. The van der Waals surface area contributed by atoms with Gasteiger partial charge in [0.25, 0.3) is 11.7 Å². The summed E-state index contributed by atoms with van der Waals surface area (Å²) >= 11 is 6.17. The summed E-state index contributed by atoms with van der Waals surface area (Å²) in [6, 6.07) is 10.2. The molecule has 0 N–H and O–H groups in total. The van der Waals surface area contributed by atoms with Gasteiger partial charge in [-0.05, 0) is 41.6 Å². The first-order valence-electron chi connectivity index (χ1n) is 6.37. The molecule has 1 amide bonds. The standard InChI is InChI=1S/C15H13ClF2N2OS/c1-20(9-10-4-2-5-11(16)8-10)14(21)12-6-3-7-19-13(12)22-15(17)18/h2-8,15H,9H2,1H3. The summed E-state index contributed by atoms with van der Waals surface area (Å²) in [5.41, 5.74) is 1.02. The first kappa shape index (κ1) is 16.7. The van der Waals surface area contributed by atoms with Crippen molar-refractivity contribution in [2.45, 2.75) is 17.3 Å². The fourth-order valence-corrected chi connectivity index (χ4v) is 2.70. The molecule has 7 heteroatoms. The monoisotopic (exact) mass is 342 g/mol. The van der Waals surface area contributed by atoms with E-state index in [1.165, 1.54) is 17.2 Å². The Labute approximate surface area is 136 Å². The Kier molecular flexibility index (Phi) is 5.74. The fraction of sp³-hybridized carbons (Fsp3) is 0.200. The number of halogens is 3. The minimum absolute atomic E-state index is 0.0282. The summed E-state index contributed by atoms with van der Waals surface area (Å²) in [5, 5.41) is 0.606. The predicted molar refractivity (Wildman–Crippen MR) is 83.3 cm³/mol. The van der Waals surface area contributed by atoms with Crippen LogP contribution in [0.5, 0.6) is 0 Å². The molecule has 0 atom stereocenters. The number of carbonyl (C=O) groups excluding carboxylic acids is 1. The van der Waals surface area contributed by atoms with E-state index in [0.29, 0.717) is 11.6 Å². The highest BCUT2D eigenvalue weighted by atomic mass is 35.5. The molecule has 1 aromatic carbocycles. The fourth-order valence-electron chi connectivity index (χ4n) is 1.92. The van der Waals surface area contributed by atoms with Crippen molar-refractivity contribution in [3.63, 3.8) is 0 Å². The summed E-state index contributed by atoms with van der Waals surface area (Å²) in [4.78, 5) is 17.7. The van der Waals surface area contributed by atoms with E-state index in [1.54, 1.807) is 31.3 Å². The van der Waals surface area contributed by atoms with E-state index >= 15 is 0 Å². The molecule has 1 aromatic heterocycles. The van der Waals surface area contributed by atoms with E-state index in [2.05, 4.69) is 4.98 Å². The Morgan fingerprint density at radius 2 is 2.14 bits per heavy atom. The van der Waals surface area contributed by atoms with Crippen molar-refractivity contribution >= 4 is 29.3 Å². The van der Waals surface area contributed by atoms with Crippen LogP contribution in [0.2, 0.25) is 5.02 Å². The maximum absolute atomic E-state index is 12.5. The molecule has 2 rings (SSSR count). The van der Waals surface area contributed by atoms with Gasteiger partial charge in [-0.2, -0.15) is 8.78 Å². The lowest BCUT2D eigenvalue weighted by Gasteiger charge is -2.18. The molecule has 0 saturated carbocycles. The summed E-state index contributed by atoms with van der Waals surface area (Å²) in [5.74, 6) is -2.99. The SMILES string of the molecule is CN(Cc1cccc(Cl)c1)C(=O)c1cccnc1SC(F)F. The van der Waals surface area contributed by atoms with E-state index in [-0.39, 0.29) is 28.3 Å². The van der Waals surface area contributed by atoms with Crippen LogP contribution in [0.15, 0.2) is 47.6 Å². The lowest BCUT2D eigenvalue weighted by atomic mass is 10.2. The van der Waals surface area contributed by atoms with Crippen LogP contribution in [0.25, 0.3) is 0 Å². The lowest BCUT2D eigenvalue weighted by Crippen LogP contribution is -2.27. The van der Waals surface area contributed by atoms with Crippen molar-refractivity contribution < 1.29 is 13.6 Å². The van der Waals surface area contributed by atoms with Crippen molar-refractivity contribution in [2.75, 3.05) is 7.05 Å². The second-order valence-electron chi connectivity index (χ2n) is 4.53. The molecule has 0 aliphatic rings. The number of benzene rings is 1. The van der Waals surface area contributed by atoms with Crippen LogP contribution >= 0.6 is 23.4 Å². The molecular weight excluding hydrogens is 330 g/mol. The van der Waals surface area contributed by atoms with Crippen LogP contribution in [0, 0.1) is 0 Å². The van der Waals surface area contributed by atoms with Gasteiger partial charge in [-0.1, -0.05) is 23.7 Å². The van der Waals surface area contributed by atoms with Crippen LogP contribution in [0.4, 0.5) is 8.78 Å². The number of pyridine rings is 1. The minimum Gasteiger partial charge on any atom is -0.337 e. The van der Waals surface area contributed by atoms with Gasteiger partial charge in [0.2, 0.25) is 0 Å². The van der Waals surface area contributed by atoms with Gasteiger partial charge in [-0.3, -0.25) is 4.79 Å². The highest BCUT2D eigenvalue weighted by Gasteiger charge is 2.19. The zero-order chi connectivity index (χ0) is 16.1. The Hall–Kier alpha value is -1.66. The number of hydrogen-bond donors (Lipinski definition) is 0. The molecule has 0 fully saturated rings. The van der Waals surface area contributed by atoms with Crippen molar-refractivity contribution in [2.24, 2.45) is 0 Å². The molecule has 1 heterocycles. The van der Waals surface area contributed by atoms with Gasteiger partial charge < -0.3 is 4.90 Å². The van der Waals surface area contributed by atoms with Crippen LogP contribution < -0.4 is 0 Å². The van der Waals surface area contributed by atoms with Gasteiger partial charge >= 0.3 is 0 Å². The second kappa shape index (κ2) is 7.56. The maximum Gasteiger partial charge on any atom is 0.290 e. The van der Waals surface area contributed by atoms with Crippen LogP contribution in [-0.2, 0) is 6.54 Å². The first-order chi connectivity index (χ1) is 10.5. The number of carbonyl (C=O) groups is 1. The smallest absolute Gasteiger partial charge is 0.290 e. The number of hydrogen-bond acceptors (Lipinski definition) is 3. The molecule has 22 heavy (non-hydrogen) atoms. The number of thioether (sulfide) groups is 1. The Balaban J connectivity index is 2.17. The van der Waals surface area contributed by atoms with Gasteiger partial charge in [0.05, 0.1) is 5.56 Å². The van der Waals surface area contributed by atoms with Crippen molar-refractivity contribution in [3.8, 4) is 0 Å². The molecule has 116 valence electrons. The first-order valence-corrected chi connectivity index (χ1v) is 7.63. The molecule has 0 spiro atoms. The highest BCUT2D eigenvalue weighted by molar-refractivity contribution is 7.99. The van der Waals surface area contributed by atoms with E-state index < -0.39 is 5.76 Å². The zero-order valence-electron chi connectivity index (χ0n) is 11.7. The summed E-state index contributed by atoms with van der Waals surface area (Å²) in [6.07, 6.45) is 1.39. The molecule has 0 bridgehead atoms. The van der Waals surface area contributed by atoms with Gasteiger partial charge in [-0.15, -0.1) is 0 Å². The third-order valence-corrected chi connectivity index (χ3v) is 3.82. The predicted octanol–water partition coefficient (Wildman–Crippen LogP) is 4.32. The average molecular weight is 343 g/mol. The number of nitrogens with zero attached hydrogens (tertiary/aromatic N) is 2. The normalized spacial score (nSPS) is 10.8. The molecule has 0 saturated heterocycles. The second-order valence-corrected chi connectivity index (χ2v) is 5.94. The maximum atomic E-state index is 12.5. The van der Waals surface area contributed by atoms with E-state index in [0.717, 1.165) is 5.56 Å². The summed E-state index contributed by atoms with van der Waals surface area (Å²) in [6.45, 7) is 0.326. The molecule has 0 aliphatic carbocycles. The third-order valence-electron chi connectivity index (χ3n) is 2.86. The van der Waals surface area contributed by atoms with Crippen molar-refractivity contribution in [1.82, 2.24) is 9.88 Å². The number of aromatic nitrogens is 1. The van der Waals surface area contributed by atoms with Crippen LogP contribution in [0.3, 0.4) is 0 Å². The van der Waals surface area contributed by atoms with E-state index in [9.17, 15) is 13.6 Å². The van der Waals surface area contributed by atoms with Gasteiger partial charge in [0.15, 0.2) is 0 Å². The zero-order valence-corrected chi connectivity index (χ0v) is 13.2. The Morgan fingerprint density at radius 3 is 2.82 bits per heavy atom. The largest absolute Gasteiger partial charge is 0.337 e. The Morgan fingerprint density at radius 1 is 1.36 bits per heavy atom. The van der Waals surface area contributed by atoms with Gasteiger partial charge in [0, 0.05) is 24.8 Å². The Bertz CT molecular complexity index is 669. The average Bonchev–Trinajstić information content (AvgIpc) is 2.46. The highest BCUT2D eigenvalue weighted by Crippen LogP contribution is 2.27. The topological polar surface area (TPSA) is 33.2 Å². The molecule has 3 nitrogen and oxygen atoms in total. The third kappa shape index (κ3) is 4.42. The van der Waals surface area contributed by atoms with Crippen LogP contribution in [-0.4, -0.2) is 28.6 Å². The van der Waals surface area contributed by atoms with Gasteiger partial charge in [0.1, 0.15) is 5.03 Å². The van der Waals surface area contributed by atoms with Crippen molar-refractivity contribution in [3.05, 3.63) is 58.7 Å². The van der Waals surface area contributed by atoms with Gasteiger partial charge in [-0.25, -0.2) is 4.98 Å². The molecule has 0 unspecified atom stereocenters. The van der Waals surface area contributed by atoms with E-state index in [1.807, 2.05) is 6.07 Å². The van der Waals surface area contributed by atoms with Crippen LogP contribution in [0.1, 0.15) is 15.9 Å². The summed E-state index contributed by atoms with van der Waals surface area (Å²) in [7, 11) is 1.60. The molecule has 0 aliphatic heterocycles. The number of alkyl halides is 2. The van der Waals surface area contributed by atoms with Crippen molar-refractivity contribution in [1.29, 1.82) is 0 Å². The molecule has 2 aromatic rings. The van der Waals surface area contributed by atoms with E-state index in [4.69, 9.17) is 11.6 Å². The quantitative estimate of drug-likeness (QED) is 0.759. The number of rotatable bonds is 5. The summed E-state index contributed by atoms with van der Waals surface area (Å²) < 4.78 is 25.1. The lowest BCUT2D eigenvalue weighted by molar-refractivity contribution is 0.0781. The molecular formula is C15H13ClF2N2OS. The number of amides is 1.